The van der Waals surface area contributed by atoms with Crippen molar-refractivity contribution in [1.29, 1.82) is 5.26 Å². The van der Waals surface area contributed by atoms with Crippen LogP contribution in [0.1, 0.15) is 12.0 Å². The number of hydrogen-bond donors (Lipinski definition) is 0. The minimum absolute atomic E-state index is 0.00296. The Morgan fingerprint density at radius 3 is 2.43 bits per heavy atom. The molecule has 2 aromatic carbocycles. The Balaban J connectivity index is 1.34. The quantitative estimate of drug-likeness (QED) is 0.623. The summed E-state index contributed by atoms with van der Waals surface area (Å²) in [6.07, 6.45) is 2.07. The number of carbonyl (C=O) groups excluding carboxylic acids is 1. The van der Waals surface area contributed by atoms with Crippen LogP contribution in [-0.4, -0.2) is 59.3 Å². The fraction of sp³-hybridized carbons (Fsp3) is 0.286. The minimum atomic E-state index is -3.63. The normalized spacial score (nSPS) is 15.2. The molecule has 1 aliphatic rings. The summed E-state index contributed by atoms with van der Waals surface area (Å²) in [5.41, 5.74) is 2.30. The van der Waals surface area contributed by atoms with Gasteiger partial charge in [-0.2, -0.15) is 9.57 Å². The Morgan fingerprint density at radius 2 is 1.73 bits per heavy atom. The van der Waals surface area contributed by atoms with E-state index in [1.54, 1.807) is 11.2 Å². The molecular formula is C21H21N5O3S. The van der Waals surface area contributed by atoms with Crippen LogP contribution in [0.3, 0.4) is 0 Å². The van der Waals surface area contributed by atoms with E-state index in [0.29, 0.717) is 31.6 Å². The van der Waals surface area contributed by atoms with Gasteiger partial charge >= 0.3 is 0 Å². The number of fused-ring (bicyclic) bond motifs is 1. The molecule has 1 aliphatic heterocycles. The molecule has 2 heterocycles. The van der Waals surface area contributed by atoms with Crippen molar-refractivity contribution < 1.29 is 13.2 Å². The number of nitriles is 1. The molecule has 0 unspecified atom stereocenters. The Labute approximate surface area is 175 Å². The smallest absolute Gasteiger partial charge is 0.243 e. The van der Waals surface area contributed by atoms with Crippen LogP contribution in [-0.2, 0) is 21.4 Å². The fourth-order valence-electron chi connectivity index (χ4n) is 3.59. The van der Waals surface area contributed by atoms with Gasteiger partial charge in [0.25, 0.3) is 0 Å². The zero-order valence-corrected chi connectivity index (χ0v) is 17.1. The molecule has 1 saturated heterocycles. The number of hydrogen-bond acceptors (Lipinski definition) is 5. The van der Waals surface area contributed by atoms with Crippen molar-refractivity contribution in [3.8, 4) is 6.07 Å². The predicted octanol–water partition coefficient (Wildman–Crippen LogP) is 1.83. The van der Waals surface area contributed by atoms with Crippen LogP contribution in [0.15, 0.2) is 59.8 Å². The van der Waals surface area contributed by atoms with Crippen molar-refractivity contribution in [2.75, 3.05) is 26.2 Å². The molecule has 154 valence electrons. The first-order chi connectivity index (χ1) is 14.5. The number of rotatable bonds is 5. The van der Waals surface area contributed by atoms with Gasteiger partial charge in [-0.05, 0) is 36.4 Å². The monoisotopic (exact) mass is 423 g/mol. The molecule has 1 amide bonds. The minimum Gasteiger partial charge on any atom is -0.340 e. The zero-order chi connectivity index (χ0) is 21.1. The summed E-state index contributed by atoms with van der Waals surface area (Å²) in [5.74, 6) is 0.00296. The molecule has 9 heteroatoms. The van der Waals surface area contributed by atoms with E-state index in [-0.39, 0.29) is 23.9 Å². The molecule has 0 aliphatic carbocycles. The molecule has 1 aromatic heterocycles. The van der Waals surface area contributed by atoms with Gasteiger partial charge in [0.05, 0.1) is 33.9 Å². The van der Waals surface area contributed by atoms with Gasteiger partial charge in [-0.1, -0.05) is 12.1 Å². The van der Waals surface area contributed by atoms with E-state index in [1.807, 2.05) is 34.9 Å². The Kier molecular flexibility index (Phi) is 5.53. The highest BCUT2D eigenvalue weighted by Gasteiger charge is 2.30. The number of aryl methyl sites for hydroxylation is 1. The highest BCUT2D eigenvalue weighted by atomic mass is 32.2. The molecule has 8 nitrogen and oxygen atoms in total. The van der Waals surface area contributed by atoms with Gasteiger partial charge in [-0.25, -0.2) is 13.4 Å². The summed E-state index contributed by atoms with van der Waals surface area (Å²) < 4.78 is 28.9. The molecule has 0 N–H and O–H groups in total. The molecule has 0 radical (unpaired) electrons. The summed E-state index contributed by atoms with van der Waals surface area (Å²) in [6, 6.07) is 15.6. The van der Waals surface area contributed by atoms with Crippen LogP contribution in [0.25, 0.3) is 11.0 Å². The predicted molar refractivity (Wildman–Crippen MR) is 111 cm³/mol. The highest BCUT2D eigenvalue weighted by Crippen LogP contribution is 2.19. The number of nitrogens with zero attached hydrogens (tertiary/aromatic N) is 5. The number of aromatic nitrogens is 2. The number of sulfonamides is 1. The van der Waals surface area contributed by atoms with Gasteiger partial charge in [-0.3, -0.25) is 4.79 Å². The van der Waals surface area contributed by atoms with Crippen molar-refractivity contribution in [1.82, 2.24) is 18.8 Å². The summed E-state index contributed by atoms with van der Waals surface area (Å²) >= 11 is 0. The lowest BCUT2D eigenvalue weighted by Crippen LogP contribution is -2.50. The average molecular weight is 423 g/mol. The Hall–Kier alpha value is -3.22. The van der Waals surface area contributed by atoms with E-state index >= 15 is 0 Å². The standard InChI is InChI=1S/C21H21N5O3S/c22-15-17-5-7-18(8-6-17)30(28,29)26-13-11-24(12-14-26)21(27)9-10-25-16-23-19-3-1-2-4-20(19)25/h1-8,16H,9-14H2. The van der Waals surface area contributed by atoms with Crippen LogP contribution in [0, 0.1) is 11.3 Å². The molecular weight excluding hydrogens is 402 g/mol. The maximum absolute atomic E-state index is 12.8. The second kappa shape index (κ2) is 8.26. The molecule has 0 saturated carbocycles. The second-order valence-corrected chi connectivity index (χ2v) is 9.04. The van der Waals surface area contributed by atoms with Crippen molar-refractivity contribution in [3.05, 3.63) is 60.4 Å². The van der Waals surface area contributed by atoms with Crippen molar-refractivity contribution in [3.63, 3.8) is 0 Å². The molecule has 0 atom stereocenters. The molecule has 1 fully saturated rings. The van der Waals surface area contributed by atoms with Gasteiger partial charge < -0.3 is 9.47 Å². The first-order valence-corrected chi connectivity index (χ1v) is 11.1. The largest absolute Gasteiger partial charge is 0.340 e. The zero-order valence-electron chi connectivity index (χ0n) is 16.3. The summed E-state index contributed by atoms with van der Waals surface area (Å²) in [5, 5.41) is 8.87. The molecule has 4 rings (SSSR count). The molecule has 0 spiro atoms. The van der Waals surface area contributed by atoms with Crippen molar-refractivity contribution in [2.45, 2.75) is 17.9 Å². The van der Waals surface area contributed by atoms with E-state index in [9.17, 15) is 13.2 Å². The maximum Gasteiger partial charge on any atom is 0.243 e. The average Bonchev–Trinajstić information content (AvgIpc) is 3.20. The van der Waals surface area contributed by atoms with E-state index in [4.69, 9.17) is 5.26 Å². The van der Waals surface area contributed by atoms with E-state index in [2.05, 4.69) is 4.98 Å². The van der Waals surface area contributed by atoms with E-state index in [0.717, 1.165) is 11.0 Å². The van der Waals surface area contributed by atoms with Gasteiger partial charge in [0, 0.05) is 39.1 Å². The third kappa shape index (κ3) is 3.92. The van der Waals surface area contributed by atoms with Crippen LogP contribution < -0.4 is 0 Å². The molecule has 3 aromatic rings. The maximum atomic E-state index is 12.8. The number of imidazole rings is 1. The third-order valence-electron chi connectivity index (χ3n) is 5.31. The molecule has 30 heavy (non-hydrogen) atoms. The topological polar surface area (TPSA) is 99.3 Å². The van der Waals surface area contributed by atoms with Crippen molar-refractivity contribution in [2.24, 2.45) is 0 Å². The number of amides is 1. The number of piperazine rings is 1. The van der Waals surface area contributed by atoms with E-state index < -0.39 is 10.0 Å². The van der Waals surface area contributed by atoms with Gasteiger partial charge in [0.1, 0.15) is 0 Å². The van der Waals surface area contributed by atoms with Gasteiger partial charge in [0.15, 0.2) is 0 Å². The number of benzene rings is 2. The lowest BCUT2D eigenvalue weighted by Gasteiger charge is -2.34. The highest BCUT2D eigenvalue weighted by molar-refractivity contribution is 7.89. The van der Waals surface area contributed by atoms with E-state index in [1.165, 1.54) is 28.6 Å². The van der Waals surface area contributed by atoms with Crippen LogP contribution in [0.4, 0.5) is 0 Å². The number of para-hydroxylation sites is 2. The van der Waals surface area contributed by atoms with Crippen LogP contribution >= 0.6 is 0 Å². The summed E-state index contributed by atoms with van der Waals surface area (Å²) in [4.78, 5) is 18.8. The Bertz CT molecular complexity index is 1200. The lowest BCUT2D eigenvalue weighted by atomic mass is 10.2. The van der Waals surface area contributed by atoms with Gasteiger partial charge in [0.2, 0.25) is 15.9 Å². The van der Waals surface area contributed by atoms with Crippen molar-refractivity contribution >= 4 is 27.0 Å². The summed E-state index contributed by atoms with van der Waals surface area (Å²) in [6.45, 7) is 1.76. The van der Waals surface area contributed by atoms with Crippen LogP contribution in [0.5, 0.6) is 0 Å². The third-order valence-corrected chi connectivity index (χ3v) is 7.22. The summed E-state index contributed by atoms with van der Waals surface area (Å²) in [7, 11) is -3.63. The van der Waals surface area contributed by atoms with Crippen LogP contribution in [0.2, 0.25) is 0 Å². The fourth-order valence-corrected chi connectivity index (χ4v) is 5.01. The lowest BCUT2D eigenvalue weighted by molar-refractivity contribution is -0.132. The first-order valence-electron chi connectivity index (χ1n) is 9.67. The second-order valence-electron chi connectivity index (χ2n) is 7.10. The molecule has 0 bridgehead atoms. The first kappa shape index (κ1) is 20.1. The SMILES string of the molecule is N#Cc1ccc(S(=O)(=O)N2CCN(C(=O)CCn3cnc4ccccc43)CC2)cc1. The number of carbonyl (C=O) groups is 1. The Morgan fingerprint density at radius 1 is 1.03 bits per heavy atom. The van der Waals surface area contributed by atoms with Gasteiger partial charge in [-0.15, -0.1) is 0 Å².